The quantitative estimate of drug-likeness (QED) is 0.662. The number of halogens is 3. The molecule has 20 heavy (non-hydrogen) atoms. The lowest BCUT2D eigenvalue weighted by Gasteiger charge is -2.06. The molecule has 0 atom stereocenters. The van der Waals surface area contributed by atoms with Crippen molar-refractivity contribution in [3.05, 3.63) is 40.4 Å². The van der Waals surface area contributed by atoms with Crippen molar-refractivity contribution in [2.24, 2.45) is 0 Å². The van der Waals surface area contributed by atoms with Crippen molar-refractivity contribution < 1.29 is 13.5 Å². The maximum absolute atomic E-state index is 13.8. The van der Waals surface area contributed by atoms with Crippen molar-refractivity contribution in [2.75, 3.05) is 7.11 Å². The van der Waals surface area contributed by atoms with Gasteiger partial charge in [-0.2, -0.15) is 0 Å². The number of nitrogens with zero attached hydrogens (tertiary/aromatic N) is 2. The number of benzene rings is 1. The van der Waals surface area contributed by atoms with Gasteiger partial charge < -0.3 is 4.74 Å². The van der Waals surface area contributed by atoms with Gasteiger partial charge in [-0.3, -0.25) is 0 Å². The van der Waals surface area contributed by atoms with Crippen LogP contribution in [0.2, 0.25) is 5.15 Å². The number of methoxy groups -OCH3 is 1. The Morgan fingerprint density at radius 2 is 2.05 bits per heavy atom. The molecule has 0 aliphatic carbocycles. The summed E-state index contributed by atoms with van der Waals surface area (Å²) in [7, 11) is 1.52. The van der Waals surface area contributed by atoms with Crippen molar-refractivity contribution in [3.8, 4) is 16.5 Å². The van der Waals surface area contributed by atoms with Gasteiger partial charge in [-0.25, -0.2) is 18.7 Å². The molecule has 1 aromatic carbocycles. The Bertz CT molecular complexity index is 806. The third-order valence-electron chi connectivity index (χ3n) is 2.72. The molecule has 0 N–H and O–H groups in total. The van der Waals surface area contributed by atoms with Gasteiger partial charge in [-0.05, 0) is 17.5 Å². The Morgan fingerprint density at radius 1 is 1.25 bits per heavy atom. The Labute approximate surface area is 121 Å². The summed E-state index contributed by atoms with van der Waals surface area (Å²) in [4.78, 5) is 8.85. The summed E-state index contributed by atoms with van der Waals surface area (Å²) in [6, 6.07) is 3.62. The van der Waals surface area contributed by atoms with Gasteiger partial charge in [0.05, 0.1) is 7.11 Å². The molecule has 0 radical (unpaired) electrons. The monoisotopic (exact) mass is 312 g/mol. The van der Waals surface area contributed by atoms with E-state index in [1.54, 1.807) is 11.4 Å². The maximum Gasteiger partial charge on any atom is 0.175 e. The third kappa shape index (κ3) is 2.10. The molecule has 2 heterocycles. The highest BCUT2D eigenvalue weighted by Crippen LogP contribution is 2.35. The van der Waals surface area contributed by atoms with Gasteiger partial charge in [-0.15, -0.1) is 11.3 Å². The minimum atomic E-state index is -0.777. The van der Waals surface area contributed by atoms with Crippen LogP contribution in [0.15, 0.2) is 23.6 Å². The highest BCUT2D eigenvalue weighted by atomic mass is 35.5. The van der Waals surface area contributed by atoms with E-state index in [2.05, 4.69) is 9.97 Å². The molecule has 3 aromatic rings. The predicted octanol–water partition coefficient (Wildman–Crippen LogP) is 4.30. The Morgan fingerprint density at radius 3 is 2.80 bits per heavy atom. The number of ether oxygens (including phenoxy) is 1. The minimum Gasteiger partial charge on any atom is -0.495 e. The predicted molar refractivity (Wildman–Crippen MR) is 74.3 cm³/mol. The summed E-state index contributed by atoms with van der Waals surface area (Å²) in [5, 5.41) is 1.94. The molecule has 3 rings (SSSR count). The van der Waals surface area contributed by atoms with E-state index in [0.717, 1.165) is 12.1 Å². The van der Waals surface area contributed by atoms with Crippen LogP contribution in [0.5, 0.6) is 5.75 Å². The van der Waals surface area contributed by atoms with Crippen LogP contribution in [-0.2, 0) is 0 Å². The van der Waals surface area contributed by atoms with Crippen LogP contribution in [0.3, 0.4) is 0 Å². The Kier molecular flexibility index (Phi) is 3.27. The lowest BCUT2D eigenvalue weighted by Crippen LogP contribution is -1.95. The van der Waals surface area contributed by atoms with Crippen LogP contribution in [0.1, 0.15) is 0 Å². The molecule has 3 nitrogen and oxygen atoms in total. The van der Waals surface area contributed by atoms with Crippen LogP contribution in [0.25, 0.3) is 21.6 Å². The average molecular weight is 313 g/mol. The van der Waals surface area contributed by atoms with Crippen molar-refractivity contribution in [2.45, 2.75) is 0 Å². The number of aromatic nitrogens is 2. The fraction of sp³-hybridized carbons (Fsp3) is 0.0769. The molecular formula is C13H7ClF2N2OS. The molecule has 0 amide bonds. The largest absolute Gasteiger partial charge is 0.495 e. The standard InChI is InChI=1S/C13H7ClF2N2OS/c1-19-9-2-3-20-11(9)13-17-10-7(12(14)18-13)4-6(15)5-8(10)16/h2-5H,1H3. The first kappa shape index (κ1) is 13.2. The molecule has 7 heteroatoms. The Hall–Kier alpha value is -1.79. The van der Waals surface area contributed by atoms with Gasteiger partial charge in [0, 0.05) is 11.5 Å². The second-order valence-corrected chi connectivity index (χ2v) is 5.21. The second-order valence-electron chi connectivity index (χ2n) is 3.94. The van der Waals surface area contributed by atoms with E-state index in [0.29, 0.717) is 10.6 Å². The first-order valence-corrected chi connectivity index (χ1v) is 6.80. The summed E-state index contributed by atoms with van der Waals surface area (Å²) in [5.74, 6) is -0.671. The topological polar surface area (TPSA) is 35.0 Å². The zero-order valence-electron chi connectivity index (χ0n) is 10.2. The second kappa shape index (κ2) is 4.96. The number of rotatable bonds is 2. The molecule has 0 saturated heterocycles. The number of hydrogen-bond donors (Lipinski definition) is 0. The average Bonchev–Trinajstić information content (AvgIpc) is 2.88. The zero-order chi connectivity index (χ0) is 14.3. The molecule has 0 saturated carbocycles. The zero-order valence-corrected chi connectivity index (χ0v) is 11.7. The van der Waals surface area contributed by atoms with Crippen molar-refractivity contribution in [3.63, 3.8) is 0 Å². The lowest BCUT2D eigenvalue weighted by molar-refractivity contribution is 0.418. The fourth-order valence-electron chi connectivity index (χ4n) is 1.84. The summed E-state index contributed by atoms with van der Waals surface area (Å²) < 4.78 is 32.2. The van der Waals surface area contributed by atoms with Crippen LogP contribution in [0.4, 0.5) is 8.78 Å². The van der Waals surface area contributed by atoms with E-state index in [9.17, 15) is 8.78 Å². The van der Waals surface area contributed by atoms with E-state index in [4.69, 9.17) is 16.3 Å². The first-order chi connectivity index (χ1) is 9.60. The molecule has 0 aliphatic rings. The molecule has 102 valence electrons. The maximum atomic E-state index is 13.8. The number of hydrogen-bond acceptors (Lipinski definition) is 4. The van der Waals surface area contributed by atoms with E-state index in [1.165, 1.54) is 18.4 Å². The SMILES string of the molecule is COc1ccsc1-c1nc(Cl)c2cc(F)cc(F)c2n1. The molecule has 0 aliphatic heterocycles. The Balaban J connectivity index is 2.30. The van der Waals surface area contributed by atoms with Gasteiger partial charge in [0.25, 0.3) is 0 Å². The highest BCUT2D eigenvalue weighted by molar-refractivity contribution is 7.13. The summed E-state index contributed by atoms with van der Waals surface area (Å²) in [6.07, 6.45) is 0. The molecule has 0 fully saturated rings. The summed E-state index contributed by atoms with van der Waals surface area (Å²) in [6.45, 7) is 0. The van der Waals surface area contributed by atoms with Crippen LogP contribution >= 0.6 is 22.9 Å². The third-order valence-corrected chi connectivity index (χ3v) is 3.90. The normalized spacial score (nSPS) is 11.0. The van der Waals surface area contributed by atoms with Gasteiger partial charge in [-0.1, -0.05) is 11.6 Å². The summed E-state index contributed by atoms with van der Waals surface area (Å²) in [5.41, 5.74) is -0.0168. The van der Waals surface area contributed by atoms with E-state index >= 15 is 0 Å². The number of fused-ring (bicyclic) bond motifs is 1. The smallest absolute Gasteiger partial charge is 0.175 e. The van der Waals surface area contributed by atoms with Crippen molar-refractivity contribution in [1.29, 1.82) is 0 Å². The van der Waals surface area contributed by atoms with Gasteiger partial charge in [0.2, 0.25) is 0 Å². The highest BCUT2D eigenvalue weighted by Gasteiger charge is 2.16. The van der Waals surface area contributed by atoms with Gasteiger partial charge in [0.15, 0.2) is 11.6 Å². The van der Waals surface area contributed by atoms with E-state index < -0.39 is 11.6 Å². The molecule has 2 aromatic heterocycles. The molecule has 0 bridgehead atoms. The first-order valence-electron chi connectivity index (χ1n) is 5.54. The van der Waals surface area contributed by atoms with Gasteiger partial charge in [0.1, 0.15) is 27.1 Å². The van der Waals surface area contributed by atoms with E-state index in [-0.39, 0.29) is 21.9 Å². The van der Waals surface area contributed by atoms with E-state index in [1.807, 2.05) is 0 Å². The summed E-state index contributed by atoms with van der Waals surface area (Å²) >= 11 is 7.35. The lowest BCUT2D eigenvalue weighted by atomic mass is 10.2. The number of thiophene rings is 1. The minimum absolute atomic E-state index is 0.00106. The van der Waals surface area contributed by atoms with Crippen LogP contribution in [-0.4, -0.2) is 17.1 Å². The van der Waals surface area contributed by atoms with Crippen LogP contribution < -0.4 is 4.74 Å². The van der Waals surface area contributed by atoms with Crippen LogP contribution in [0, 0.1) is 11.6 Å². The molecule has 0 spiro atoms. The molecule has 0 unspecified atom stereocenters. The molecular weight excluding hydrogens is 306 g/mol. The van der Waals surface area contributed by atoms with Gasteiger partial charge >= 0.3 is 0 Å². The van der Waals surface area contributed by atoms with Crippen molar-refractivity contribution >= 4 is 33.8 Å². The van der Waals surface area contributed by atoms with Crippen molar-refractivity contribution in [1.82, 2.24) is 9.97 Å². The fourth-order valence-corrected chi connectivity index (χ4v) is 2.86.